The molecule has 0 saturated heterocycles. The fourth-order valence-corrected chi connectivity index (χ4v) is 2.95. The Morgan fingerprint density at radius 3 is 3.17 bits per heavy atom. The van der Waals surface area contributed by atoms with Crippen LogP contribution in [0.5, 0.6) is 0 Å². The van der Waals surface area contributed by atoms with E-state index in [4.69, 9.17) is 4.74 Å². The van der Waals surface area contributed by atoms with Crippen LogP contribution in [0.1, 0.15) is 43.4 Å². The number of pyridine rings is 1. The number of hydrogen-bond acceptors (Lipinski definition) is 3. The molecule has 1 aliphatic rings. The molecule has 0 aliphatic heterocycles. The molecule has 0 bridgehead atoms. The van der Waals surface area contributed by atoms with Crippen LogP contribution >= 0.6 is 0 Å². The van der Waals surface area contributed by atoms with Crippen molar-refractivity contribution in [3.63, 3.8) is 0 Å². The Kier molecular flexibility index (Phi) is 4.72. The molecule has 1 aromatic heterocycles. The molecule has 3 atom stereocenters. The van der Waals surface area contributed by atoms with Crippen molar-refractivity contribution in [2.24, 2.45) is 5.92 Å². The van der Waals surface area contributed by atoms with Gasteiger partial charge in [0.2, 0.25) is 0 Å². The summed E-state index contributed by atoms with van der Waals surface area (Å²) in [5.74, 6) is 0.591. The predicted octanol–water partition coefficient (Wildman–Crippen LogP) is 2.54. The molecule has 0 spiro atoms. The largest absolute Gasteiger partial charge is 0.392 e. The van der Waals surface area contributed by atoms with Crippen LogP contribution in [0.15, 0.2) is 18.3 Å². The van der Waals surface area contributed by atoms with Gasteiger partial charge in [-0.1, -0.05) is 13.0 Å². The summed E-state index contributed by atoms with van der Waals surface area (Å²) in [6.07, 6.45) is 5.62. The minimum atomic E-state index is -0.302. The Balaban J connectivity index is 2.05. The van der Waals surface area contributed by atoms with Gasteiger partial charge in [0.05, 0.1) is 6.10 Å². The van der Waals surface area contributed by atoms with Crippen LogP contribution in [0.4, 0.5) is 0 Å². The fourth-order valence-electron chi connectivity index (χ4n) is 2.95. The number of hydrogen-bond donors (Lipinski definition) is 1. The fraction of sp³-hybridized carbons (Fsp3) is 0.667. The molecule has 0 amide bonds. The summed E-state index contributed by atoms with van der Waals surface area (Å²) in [7, 11) is 1.71. The van der Waals surface area contributed by atoms with Gasteiger partial charge in [0, 0.05) is 31.5 Å². The molecule has 0 fully saturated rings. The van der Waals surface area contributed by atoms with E-state index in [1.54, 1.807) is 7.11 Å². The molecule has 2 rings (SSSR count). The van der Waals surface area contributed by atoms with E-state index in [1.165, 1.54) is 5.56 Å². The molecule has 0 saturated carbocycles. The van der Waals surface area contributed by atoms with Crippen LogP contribution in [-0.4, -0.2) is 29.9 Å². The molecule has 18 heavy (non-hydrogen) atoms. The van der Waals surface area contributed by atoms with Gasteiger partial charge in [0.1, 0.15) is 0 Å². The summed E-state index contributed by atoms with van der Waals surface area (Å²) in [6.45, 7) is 2.83. The zero-order valence-corrected chi connectivity index (χ0v) is 11.3. The van der Waals surface area contributed by atoms with Crippen molar-refractivity contribution in [3.05, 3.63) is 29.6 Å². The third-order valence-corrected chi connectivity index (χ3v) is 3.80. The highest BCUT2D eigenvalue weighted by Crippen LogP contribution is 2.34. The molecule has 0 aromatic carbocycles. The molecule has 0 radical (unpaired) electrons. The number of aliphatic hydroxyl groups is 1. The van der Waals surface area contributed by atoms with E-state index in [-0.39, 0.29) is 12.0 Å². The number of nitrogens with zero attached hydrogens (tertiary/aromatic N) is 1. The molecule has 1 heterocycles. The van der Waals surface area contributed by atoms with Crippen LogP contribution in [0.25, 0.3) is 0 Å². The topological polar surface area (TPSA) is 42.4 Å². The molecule has 1 aliphatic carbocycles. The molecule has 3 unspecified atom stereocenters. The van der Waals surface area contributed by atoms with Crippen molar-refractivity contribution in [1.82, 2.24) is 4.98 Å². The number of aliphatic hydroxyl groups excluding tert-OH is 1. The van der Waals surface area contributed by atoms with Crippen LogP contribution < -0.4 is 0 Å². The zero-order chi connectivity index (χ0) is 13.0. The summed E-state index contributed by atoms with van der Waals surface area (Å²) >= 11 is 0. The lowest BCUT2D eigenvalue weighted by Gasteiger charge is -2.29. The molecule has 100 valence electrons. The van der Waals surface area contributed by atoms with E-state index in [9.17, 15) is 5.11 Å². The lowest BCUT2D eigenvalue weighted by atomic mass is 9.81. The van der Waals surface area contributed by atoms with Gasteiger partial charge in [-0.05, 0) is 43.2 Å². The quantitative estimate of drug-likeness (QED) is 0.872. The smallest absolute Gasteiger partial charge is 0.0627 e. The van der Waals surface area contributed by atoms with Crippen molar-refractivity contribution in [2.75, 3.05) is 13.7 Å². The standard InChI is InChI=1S/C15H23NO2/c1-11(10-18-2)9-14(17)13-7-3-5-12-6-4-8-16-15(12)13/h4,6,8,11,13-14,17H,3,5,7,9-10H2,1-2H3. The summed E-state index contributed by atoms with van der Waals surface area (Å²) in [6, 6.07) is 4.13. The first kappa shape index (κ1) is 13.5. The van der Waals surface area contributed by atoms with Crippen LogP contribution in [0, 0.1) is 5.92 Å². The highest BCUT2D eigenvalue weighted by molar-refractivity contribution is 5.26. The van der Waals surface area contributed by atoms with Gasteiger partial charge >= 0.3 is 0 Å². The van der Waals surface area contributed by atoms with Gasteiger partial charge < -0.3 is 9.84 Å². The predicted molar refractivity (Wildman–Crippen MR) is 71.6 cm³/mol. The normalized spacial score (nSPS) is 22.3. The van der Waals surface area contributed by atoms with Crippen molar-refractivity contribution >= 4 is 0 Å². The van der Waals surface area contributed by atoms with E-state index in [0.717, 1.165) is 31.4 Å². The van der Waals surface area contributed by atoms with Crippen LogP contribution in [0.2, 0.25) is 0 Å². The lowest BCUT2D eigenvalue weighted by Crippen LogP contribution is -2.26. The number of ether oxygens (including phenoxy) is 1. The van der Waals surface area contributed by atoms with Crippen LogP contribution in [-0.2, 0) is 11.2 Å². The first-order valence-corrected chi connectivity index (χ1v) is 6.83. The summed E-state index contributed by atoms with van der Waals surface area (Å²) in [4.78, 5) is 4.48. The van der Waals surface area contributed by atoms with Crippen molar-refractivity contribution in [3.8, 4) is 0 Å². The van der Waals surface area contributed by atoms with Gasteiger partial charge in [0.25, 0.3) is 0 Å². The molecule has 3 nitrogen and oxygen atoms in total. The Morgan fingerprint density at radius 1 is 1.56 bits per heavy atom. The van der Waals surface area contributed by atoms with E-state index >= 15 is 0 Å². The summed E-state index contributed by atoms with van der Waals surface area (Å²) in [5, 5.41) is 10.4. The minimum Gasteiger partial charge on any atom is -0.392 e. The van der Waals surface area contributed by atoms with Gasteiger partial charge in [-0.15, -0.1) is 0 Å². The average Bonchev–Trinajstić information content (AvgIpc) is 2.38. The first-order valence-electron chi connectivity index (χ1n) is 6.83. The third kappa shape index (κ3) is 3.09. The number of fused-ring (bicyclic) bond motifs is 1. The van der Waals surface area contributed by atoms with Gasteiger partial charge in [-0.2, -0.15) is 0 Å². The van der Waals surface area contributed by atoms with Crippen molar-refractivity contribution in [1.29, 1.82) is 0 Å². The summed E-state index contributed by atoms with van der Waals surface area (Å²) < 4.78 is 5.13. The maximum absolute atomic E-state index is 10.4. The Morgan fingerprint density at radius 2 is 2.39 bits per heavy atom. The average molecular weight is 249 g/mol. The zero-order valence-electron chi connectivity index (χ0n) is 11.3. The molecular weight excluding hydrogens is 226 g/mol. The van der Waals surface area contributed by atoms with E-state index in [1.807, 2.05) is 12.3 Å². The maximum atomic E-state index is 10.4. The lowest BCUT2D eigenvalue weighted by molar-refractivity contribution is 0.0791. The maximum Gasteiger partial charge on any atom is 0.0627 e. The third-order valence-electron chi connectivity index (χ3n) is 3.80. The van der Waals surface area contributed by atoms with Gasteiger partial charge in [-0.25, -0.2) is 0 Å². The molecular formula is C15H23NO2. The minimum absolute atomic E-state index is 0.203. The molecule has 1 N–H and O–H groups in total. The van der Waals surface area contributed by atoms with Crippen LogP contribution in [0.3, 0.4) is 0 Å². The molecule has 1 aromatic rings. The van der Waals surface area contributed by atoms with E-state index in [0.29, 0.717) is 12.5 Å². The number of aryl methyl sites for hydroxylation is 1. The second kappa shape index (κ2) is 6.30. The Hall–Kier alpha value is -0.930. The van der Waals surface area contributed by atoms with Crippen molar-refractivity contribution in [2.45, 2.75) is 44.6 Å². The SMILES string of the molecule is COCC(C)CC(O)C1CCCc2cccnc21. The second-order valence-corrected chi connectivity index (χ2v) is 5.41. The summed E-state index contributed by atoms with van der Waals surface area (Å²) in [5.41, 5.74) is 2.42. The van der Waals surface area contributed by atoms with Gasteiger partial charge in [-0.3, -0.25) is 4.98 Å². The second-order valence-electron chi connectivity index (χ2n) is 5.41. The van der Waals surface area contributed by atoms with E-state index in [2.05, 4.69) is 18.0 Å². The van der Waals surface area contributed by atoms with Gasteiger partial charge in [0.15, 0.2) is 0 Å². The highest BCUT2D eigenvalue weighted by atomic mass is 16.5. The Bertz CT molecular complexity index is 381. The number of methoxy groups -OCH3 is 1. The first-order chi connectivity index (χ1) is 8.72. The Labute approximate surface area is 109 Å². The monoisotopic (exact) mass is 249 g/mol. The number of rotatable bonds is 5. The number of aromatic nitrogens is 1. The molecule has 3 heteroatoms. The highest BCUT2D eigenvalue weighted by Gasteiger charge is 2.28. The van der Waals surface area contributed by atoms with Crippen molar-refractivity contribution < 1.29 is 9.84 Å². The van der Waals surface area contributed by atoms with E-state index < -0.39 is 0 Å².